The van der Waals surface area contributed by atoms with Crippen molar-refractivity contribution in [1.82, 2.24) is 0 Å². The molecule has 0 saturated heterocycles. The van der Waals surface area contributed by atoms with E-state index >= 15 is 0 Å². The van der Waals surface area contributed by atoms with E-state index in [1.165, 1.54) is 20.8 Å². The summed E-state index contributed by atoms with van der Waals surface area (Å²) < 4.78 is 36.3. The van der Waals surface area contributed by atoms with E-state index in [0.29, 0.717) is 0 Å². The van der Waals surface area contributed by atoms with E-state index in [9.17, 15) is 13.2 Å². The van der Waals surface area contributed by atoms with Gasteiger partial charge in [-0.3, -0.25) is 0 Å². The van der Waals surface area contributed by atoms with E-state index in [4.69, 9.17) is 5.11 Å². The zero-order chi connectivity index (χ0) is 9.28. The molecule has 0 aromatic rings. The van der Waals surface area contributed by atoms with Gasteiger partial charge in [-0.05, 0) is 12.3 Å². The number of halogens is 3. The number of aliphatic hydroxyl groups is 1. The standard InChI is InChI=1S/C7H13F3O/c1-4-6(11,5(2)3)7(8,9)10/h5,11H,4H2,1-3H3/t6-/m1/s1. The summed E-state index contributed by atoms with van der Waals surface area (Å²) >= 11 is 0. The van der Waals surface area contributed by atoms with Gasteiger partial charge in [-0.1, -0.05) is 20.8 Å². The lowest BCUT2D eigenvalue weighted by Gasteiger charge is -2.32. The fourth-order valence-electron chi connectivity index (χ4n) is 0.936. The molecule has 0 spiro atoms. The highest BCUT2D eigenvalue weighted by Gasteiger charge is 2.54. The SMILES string of the molecule is CC[C@@](O)(C(C)C)C(F)(F)F. The van der Waals surface area contributed by atoms with Gasteiger partial charge in [-0.25, -0.2) is 0 Å². The van der Waals surface area contributed by atoms with Crippen LogP contribution in [0.1, 0.15) is 27.2 Å². The highest BCUT2D eigenvalue weighted by Crippen LogP contribution is 2.38. The Morgan fingerprint density at radius 2 is 1.64 bits per heavy atom. The molecule has 0 amide bonds. The Bertz CT molecular complexity index is 130. The second-order valence-electron chi connectivity index (χ2n) is 2.93. The van der Waals surface area contributed by atoms with Crippen molar-refractivity contribution in [2.24, 2.45) is 5.92 Å². The first-order valence-corrected chi connectivity index (χ1v) is 3.54. The maximum absolute atomic E-state index is 12.1. The molecular formula is C7H13F3O. The van der Waals surface area contributed by atoms with Gasteiger partial charge in [0.2, 0.25) is 0 Å². The summed E-state index contributed by atoms with van der Waals surface area (Å²) in [7, 11) is 0. The Hall–Kier alpha value is -0.250. The van der Waals surface area contributed by atoms with E-state index < -0.39 is 17.7 Å². The van der Waals surface area contributed by atoms with Crippen molar-refractivity contribution in [3.05, 3.63) is 0 Å². The molecule has 0 bridgehead atoms. The minimum atomic E-state index is -4.52. The molecule has 1 nitrogen and oxygen atoms in total. The Morgan fingerprint density at radius 1 is 1.27 bits per heavy atom. The van der Waals surface area contributed by atoms with Gasteiger partial charge in [0, 0.05) is 0 Å². The van der Waals surface area contributed by atoms with Gasteiger partial charge in [-0.15, -0.1) is 0 Å². The fourth-order valence-corrected chi connectivity index (χ4v) is 0.936. The average molecular weight is 170 g/mol. The van der Waals surface area contributed by atoms with Crippen LogP contribution >= 0.6 is 0 Å². The van der Waals surface area contributed by atoms with Crippen molar-refractivity contribution in [2.75, 3.05) is 0 Å². The van der Waals surface area contributed by atoms with Gasteiger partial charge < -0.3 is 5.11 Å². The van der Waals surface area contributed by atoms with E-state index in [1.807, 2.05) is 0 Å². The predicted octanol–water partition coefficient (Wildman–Crippen LogP) is 2.35. The normalized spacial score (nSPS) is 18.5. The molecule has 0 fully saturated rings. The summed E-state index contributed by atoms with van der Waals surface area (Å²) in [6.07, 6.45) is -4.82. The summed E-state index contributed by atoms with van der Waals surface area (Å²) in [5, 5.41) is 9.11. The van der Waals surface area contributed by atoms with Gasteiger partial charge in [0.15, 0.2) is 5.60 Å². The van der Waals surface area contributed by atoms with Gasteiger partial charge in [0.25, 0.3) is 0 Å². The summed E-state index contributed by atoms with van der Waals surface area (Å²) in [6.45, 7) is 4.04. The zero-order valence-electron chi connectivity index (χ0n) is 6.87. The molecule has 1 N–H and O–H groups in total. The highest BCUT2D eigenvalue weighted by atomic mass is 19.4. The monoisotopic (exact) mass is 170 g/mol. The molecule has 0 aliphatic heterocycles. The molecule has 4 heteroatoms. The summed E-state index contributed by atoms with van der Waals surface area (Å²) in [5.74, 6) is -0.799. The van der Waals surface area contributed by atoms with E-state index in [1.54, 1.807) is 0 Å². The summed E-state index contributed by atoms with van der Waals surface area (Å²) in [6, 6.07) is 0. The van der Waals surface area contributed by atoms with Crippen LogP contribution in [0.4, 0.5) is 13.2 Å². The molecule has 11 heavy (non-hydrogen) atoms. The van der Waals surface area contributed by atoms with Crippen LogP contribution in [-0.4, -0.2) is 16.9 Å². The second kappa shape index (κ2) is 3.01. The third-order valence-electron chi connectivity index (χ3n) is 1.99. The topological polar surface area (TPSA) is 20.2 Å². The first-order chi connectivity index (χ1) is 4.75. The third kappa shape index (κ3) is 1.86. The molecule has 0 aromatic carbocycles. The molecule has 0 radical (unpaired) electrons. The Morgan fingerprint density at radius 3 is 1.64 bits per heavy atom. The molecule has 1 atom stereocenters. The van der Waals surface area contributed by atoms with Crippen LogP contribution in [0.2, 0.25) is 0 Å². The molecule has 0 unspecified atom stereocenters. The van der Waals surface area contributed by atoms with Gasteiger partial charge in [-0.2, -0.15) is 13.2 Å². The van der Waals surface area contributed by atoms with E-state index in [0.717, 1.165) is 0 Å². The Kier molecular flexibility index (Phi) is 2.94. The van der Waals surface area contributed by atoms with Gasteiger partial charge in [0.05, 0.1) is 0 Å². The van der Waals surface area contributed by atoms with Crippen LogP contribution in [0.15, 0.2) is 0 Å². The van der Waals surface area contributed by atoms with Gasteiger partial charge in [0.1, 0.15) is 0 Å². The molecule has 0 aliphatic carbocycles. The van der Waals surface area contributed by atoms with Crippen molar-refractivity contribution in [2.45, 2.75) is 39.0 Å². The van der Waals surface area contributed by atoms with Crippen molar-refractivity contribution in [3.63, 3.8) is 0 Å². The van der Waals surface area contributed by atoms with Crippen molar-refractivity contribution < 1.29 is 18.3 Å². The first kappa shape index (κ1) is 10.8. The Balaban J connectivity index is 4.61. The van der Waals surface area contributed by atoms with Crippen molar-refractivity contribution in [3.8, 4) is 0 Å². The first-order valence-electron chi connectivity index (χ1n) is 3.54. The quantitative estimate of drug-likeness (QED) is 0.674. The molecule has 0 rings (SSSR count). The highest BCUT2D eigenvalue weighted by molar-refractivity contribution is 4.87. The molecule has 0 heterocycles. The summed E-state index contributed by atoms with van der Waals surface area (Å²) in [4.78, 5) is 0. The predicted molar refractivity (Wildman–Crippen MR) is 36.1 cm³/mol. The van der Waals surface area contributed by atoms with Crippen LogP contribution < -0.4 is 0 Å². The average Bonchev–Trinajstić information content (AvgIpc) is 1.83. The molecular weight excluding hydrogens is 157 g/mol. The lowest BCUT2D eigenvalue weighted by atomic mass is 9.87. The van der Waals surface area contributed by atoms with Crippen LogP contribution in [0.5, 0.6) is 0 Å². The Labute approximate surface area is 64.2 Å². The maximum Gasteiger partial charge on any atom is 0.417 e. The van der Waals surface area contributed by atoms with E-state index in [-0.39, 0.29) is 6.42 Å². The maximum atomic E-state index is 12.1. The molecule has 0 aliphatic rings. The minimum Gasteiger partial charge on any atom is -0.380 e. The number of alkyl halides is 3. The fraction of sp³-hybridized carbons (Fsp3) is 1.00. The molecule has 0 saturated carbocycles. The van der Waals surface area contributed by atoms with Gasteiger partial charge >= 0.3 is 6.18 Å². The number of hydrogen-bond acceptors (Lipinski definition) is 1. The number of rotatable bonds is 2. The van der Waals surface area contributed by atoms with Crippen molar-refractivity contribution in [1.29, 1.82) is 0 Å². The van der Waals surface area contributed by atoms with Crippen LogP contribution in [0.25, 0.3) is 0 Å². The van der Waals surface area contributed by atoms with Crippen LogP contribution in [0.3, 0.4) is 0 Å². The lowest BCUT2D eigenvalue weighted by Crippen LogP contribution is -2.48. The molecule has 0 aromatic heterocycles. The number of hydrogen-bond donors (Lipinski definition) is 1. The second-order valence-corrected chi connectivity index (χ2v) is 2.93. The summed E-state index contributed by atoms with van der Waals surface area (Å²) in [5.41, 5.74) is -2.52. The zero-order valence-corrected chi connectivity index (χ0v) is 6.87. The minimum absolute atomic E-state index is 0.297. The van der Waals surface area contributed by atoms with E-state index in [2.05, 4.69) is 0 Å². The molecule has 68 valence electrons. The van der Waals surface area contributed by atoms with Crippen LogP contribution in [0, 0.1) is 5.92 Å². The smallest absolute Gasteiger partial charge is 0.380 e. The lowest BCUT2D eigenvalue weighted by molar-refractivity contribution is -0.276. The van der Waals surface area contributed by atoms with Crippen molar-refractivity contribution >= 4 is 0 Å². The third-order valence-corrected chi connectivity index (χ3v) is 1.99. The van der Waals surface area contributed by atoms with Crippen LogP contribution in [-0.2, 0) is 0 Å². The largest absolute Gasteiger partial charge is 0.417 e.